The van der Waals surface area contributed by atoms with Crippen LogP contribution < -0.4 is 0 Å². The summed E-state index contributed by atoms with van der Waals surface area (Å²) in [6.07, 6.45) is 6.14. The molecule has 0 amide bonds. The molecule has 1 spiro atoms. The SMILES string of the molecule is C=C1C(=O)[C@]23CC[C@H]1CC2[C@@]12CCC[C@@](C)(COC1)C2C(COS(C)(=O)=O)C3=O. The molecule has 160 valence electrons. The lowest BCUT2D eigenvalue weighted by Gasteiger charge is -2.70. The Labute approximate surface area is 172 Å². The molecule has 0 aromatic heterocycles. The van der Waals surface area contributed by atoms with Gasteiger partial charge in [-0.15, -0.1) is 0 Å². The van der Waals surface area contributed by atoms with Gasteiger partial charge in [-0.2, -0.15) is 8.42 Å². The van der Waals surface area contributed by atoms with E-state index >= 15 is 0 Å². The number of hydrogen-bond donors (Lipinski definition) is 0. The quantitative estimate of drug-likeness (QED) is 0.395. The Kier molecular flexibility index (Phi) is 4.12. The first-order valence-electron chi connectivity index (χ1n) is 10.8. The highest BCUT2D eigenvalue weighted by atomic mass is 32.2. The van der Waals surface area contributed by atoms with Crippen LogP contribution in [0.5, 0.6) is 0 Å². The number of ether oxygens (including phenoxy) is 1. The van der Waals surface area contributed by atoms with Crippen LogP contribution in [0.15, 0.2) is 12.2 Å². The van der Waals surface area contributed by atoms with Crippen molar-refractivity contribution in [2.75, 3.05) is 26.1 Å². The first kappa shape index (κ1) is 19.9. The fourth-order valence-electron chi connectivity index (χ4n) is 8.23. The molecule has 6 rings (SSSR count). The molecule has 0 aromatic carbocycles. The Morgan fingerprint density at radius 1 is 1.21 bits per heavy atom. The fraction of sp³-hybridized carbons (Fsp3) is 0.818. The number of allylic oxidation sites excluding steroid dienone is 1. The largest absolute Gasteiger partial charge is 0.380 e. The molecule has 7 heteroatoms. The average molecular weight is 423 g/mol. The van der Waals surface area contributed by atoms with Crippen LogP contribution in [0.25, 0.3) is 0 Å². The molecule has 1 heterocycles. The van der Waals surface area contributed by atoms with Gasteiger partial charge in [-0.1, -0.05) is 19.9 Å². The van der Waals surface area contributed by atoms with Crippen LogP contribution in [0.2, 0.25) is 0 Å². The highest BCUT2D eigenvalue weighted by Crippen LogP contribution is 2.72. The molecule has 0 radical (unpaired) electrons. The summed E-state index contributed by atoms with van der Waals surface area (Å²) in [5.41, 5.74) is -0.934. The average Bonchev–Trinajstić information content (AvgIpc) is 2.64. The maximum Gasteiger partial charge on any atom is 0.264 e. The third kappa shape index (κ3) is 2.44. The van der Waals surface area contributed by atoms with Crippen LogP contribution in [0, 0.1) is 39.9 Å². The van der Waals surface area contributed by atoms with Gasteiger partial charge in [0.1, 0.15) is 0 Å². The summed E-state index contributed by atoms with van der Waals surface area (Å²) in [5.74, 6) is -0.657. The van der Waals surface area contributed by atoms with Gasteiger partial charge in [0.15, 0.2) is 11.6 Å². The van der Waals surface area contributed by atoms with E-state index in [1.54, 1.807) is 0 Å². The molecule has 29 heavy (non-hydrogen) atoms. The zero-order valence-electron chi connectivity index (χ0n) is 17.2. The van der Waals surface area contributed by atoms with Crippen LogP contribution in [-0.4, -0.2) is 46.1 Å². The number of ketones is 2. The minimum Gasteiger partial charge on any atom is -0.380 e. The minimum atomic E-state index is -3.69. The highest BCUT2D eigenvalue weighted by Gasteiger charge is 2.75. The van der Waals surface area contributed by atoms with Gasteiger partial charge >= 0.3 is 0 Å². The van der Waals surface area contributed by atoms with Gasteiger partial charge in [-0.25, -0.2) is 0 Å². The van der Waals surface area contributed by atoms with Gasteiger partial charge in [-0.3, -0.25) is 13.8 Å². The number of hydrogen-bond acceptors (Lipinski definition) is 6. The van der Waals surface area contributed by atoms with Crippen LogP contribution in [0.3, 0.4) is 0 Å². The van der Waals surface area contributed by atoms with E-state index in [1.165, 1.54) is 0 Å². The molecule has 0 aromatic rings. The molecule has 6 nitrogen and oxygen atoms in total. The summed E-state index contributed by atoms with van der Waals surface area (Å²) in [6.45, 7) is 7.17. The molecule has 4 bridgehead atoms. The molecule has 6 fully saturated rings. The van der Waals surface area contributed by atoms with Crippen LogP contribution in [0.1, 0.15) is 45.4 Å². The maximum absolute atomic E-state index is 14.1. The zero-order valence-corrected chi connectivity index (χ0v) is 18.1. The molecule has 5 saturated carbocycles. The summed E-state index contributed by atoms with van der Waals surface area (Å²) < 4.78 is 34.9. The lowest BCUT2D eigenvalue weighted by atomic mass is 9.33. The summed E-state index contributed by atoms with van der Waals surface area (Å²) in [4.78, 5) is 27.5. The van der Waals surface area contributed by atoms with Crippen molar-refractivity contribution in [3.8, 4) is 0 Å². The predicted octanol–water partition coefficient (Wildman–Crippen LogP) is 2.53. The van der Waals surface area contributed by atoms with E-state index in [1.807, 2.05) is 0 Å². The van der Waals surface area contributed by atoms with Crippen LogP contribution in [0.4, 0.5) is 0 Å². The molecule has 1 aliphatic heterocycles. The maximum atomic E-state index is 14.1. The third-order valence-corrected chi connectivity index (χ3v) is 9.65. The monoisotopic (exact) mass is 422 g/mol. The van der Waals surface area contributed by atoms with Gasteiger partial charge in [-0.05, 0) is 60.8 Å². The van der Waals surface area contributed by atoms with Crippen molar-refractivity contribution in [1.29, 1.82) is 0 Å². The molecule has 7 atom stereocenters. The number of rotatable bonds is 3. The summed E-state index contributed by atoms with van der Waals surface area (Å²) in [6, 6.07) is 0. The van der Waals surface area contributed by atoms with Gasteiger partial charge in [0.05, 0.1) is 31.5 Å². The van der Waals surface area contributed by atoms with Gasteiger partial charge in [0.25, 0.3) is 10.1 Å². The van der Waals surface area contributed by atoms with Gasteiger partial charge in [0.2, 0.25) is 0 Å². The molecule has 6 aliphatic rings. The zero-order chi connectivity index (χ0) is 20.8. The Morgan fingerprint density at radius 2 is 1.97 bits per heavy atom. The Bertz CT molecular complexity index is 894. The highest BCUT2D eigenvalue weighted by molar-refractivity contribution is 7.85. The van der Waals surface area contributed by atoms with Crippen molar-refractivity contribution in [3.05, 3.63) is 12.2 Å². The first-order valence-corrected chi connectivity index (χ1v) is 12.6. The van der Waals surface area contributed by atoms with Gasteiger partial charge in [0, 0.05) is 11.3 Å². The fourth-order valence-corrected chi connectivity index (χ4v) is 8.62. The second kappa shape index (κ2) is 6.01. The Hall–Kier alpha value is -1.05. The number of fused-ring (bicyclic) bond motifs is 2. The van der Waals surface area contributed by atoms with E-state index in [9.17, 15) is 18.0 Å². The van der Waals surface area contributed by atoms with Crippen molar-refractivity contribution in [2.24, 2.45) is 39.9 Å². The lowest BCUT2D eigenvalue weighted by molar-refractivity contribution is -0.252. The van der Waals surface area contributed by atoms with E-state index in [4.69, 9.17) is 8.92 Å². The van der Waals surface area contributed by atoms with E-state index in [0.29, 0.717) is 25.2 Å². The van der Waals surface area contributed by atoms with E-state index in [2.05, 4.69) is 13.5 Å². The molecule has 1 saturated heterocycles. The number of carbonyl (C=O) groups excluding carboxylic acids is 2. The standard InChI is InChI=1S/C22H30O6S/c1-13-14-5-8-22(18(13)23)16(9-14)21-7-4-6-20(2,11-27-12-21)17(21)15(19(22)24)10-28-29(3,25)26/h14-17H,1,4-12H2,2-3H3/t14-,15?,16?,17?,20-,21+,22-/m0/s1. The van der Waals surface area contributed by atoms with E-state index in [-0.39, 0.29) is 46.8 Å². The van der Waals surface area contributed by atoms with Crippen LogP contribution in [-0.2, 0) is 28.6 Å². The minimum absolute atomic E-state index is 0.0113. The van der Waals surface area contributed by atoms with Crippen molar-refractivity contribution in [2.45, 2.75) is 45.4 Å². The third-order valence-electron chi connectivity index (χ3n) is 9.09. The first-order chi connectivity index (χ1) is 13.6. The Balaban J connectivity index is 1.68. The second-order valence-corrected chi connectivity index (χ2v) is 12.2. The van der Waals surface area contributed by atoms with Crippen molar-refractivity contribution in [3.63, 3.8) is 0 Å². The summed E-state index contributed by atoms with van der Waals surface area (Å²) in [7, 11) is -3.69. The number of carbonyl (C=O) groups is 2. The van der Waals surface area contributed by atoms with E-state index < -0.39 is 21.5 Å². The summed E-state index contributed by atoms with van der Waals surface area (Å²) >= 11 is 0. The van der Waals surface area contributed by atoms with Crippen molar-refractivity contribution < 1.29 is 26.9 Å². The molecule has 3 unspecified atom stereocenters. The van der Waals surface area contributed by atoms with Crippen LogP contribution >= 0.6 is 0 Å². The predicted molar refractivity (Wildman–Crippen MR) is 105 cm³/mol. The lowest BCUT2D eigenvalue weighted by Crippen LogP contribution is -2.73. The molecular weight excluding hydrogens is 392 g/mol. The van der Waals surface area contributed by atoms with Crippen molar-refractivity contribution >= 4 is 21.7 Å². The molecule has 5 aliphatic carbocycles. The topological polar surface area (TPSA) is 86.7 Å². The van der Waals surface area contributed by atoms with Crippen molar-refractivity contribution in [1.82, 2.24) is 0 Å². The molecule has 0 N–H and O–H groups in total. The Morgan fingerprint density at radius 3 is 2.69 bits per heavy atom. The number of Topliss-reactive ketones (excluding diaryl/α,β-unsaturated/α-hetero) is 2. The van der Waals surface area contributed by atoms with E-state index in [0.717, 1.165) is 38.4 Å². The second-order valence-electron chi connectivity index (χ2n) is 10.5. The smallest absolute Gasteiger partial charge is 0.264 e. The van der Waals surface area contributed by atoms with Gasteiger partial charge < -0.3 is 4.74 Å². The molecular formula is C22H30O6S. The normalized spacial score (nSPS) is 49.0. The summed E-state index contributed by atoms with van der Waals surface area (Å²) in [5, 5.41) is 0.